The minimum atomic E-state index is -0.225. The quantitative estimate of drug-likeness (QED) is 0.715. The Morgan fingerprint density at radius 1 is 1.36 bits per heavy atom. The van der Waals surface area contributed by atoms with E-state index in [1.54, 1.807) is 23.1 Å². The third-order valence-electron chi connectivity index (χ3n) is 4.39. The number of aryl methyl sites for hydroxylation is 2. The van der Waals surface area contributed by atoms with Gasteiger partial charge >= 0.3 is 0 Å². The van der Waals surface area contributed by atoms with Crippen LogP contribution in [-0.2, 0) is 24.2 Å². The van der Waals surface area contributed by atoms with Gasteiger partial charge in [-0.15, -0.1) is 23.1 Å². The fraction of sp³-hybridized carbons (Fsp3) is 0.278. The van der Waals surface area contributed by atoms with Crippen LogP contribution in [0.5, 0.6) is 0 Å². The van der Waals surface area contributed by atoms with Gasteiger partial charge in [-0.25, -0.2) is 4.98 Å². The zero-order chi connectivity index (χ0) is 17.4. The normalized spacial score (nSPS) is 13.2. The maximum absolute atomic E-state index is 12.8. The monoisotopic (exact) mass is 371 g/mol. The van der Waals surface area contributed by atoms with Crippen molar-refractivity contribution in [2.24, 2.45) is 0 Å². The maximum Gasteiger partial charge on any atom is 0.262 e. The predicted octanol–water partition coefficient (Wildman–Crippen LogP) is 3.31. The van der Waals surface area contributed by atoms with E-state index in [0.29, 0.717) is 5.39 Å². The number of benzene rings is 1. The first-order valence-corrected chi connectivity index (χ1v) is 10.1. The molecule has 0 saturated heterocycles. The van der Waals surface area contributed by atoms with E-state index in [2.05, 4.69) is 10.3 Å². The molecule has 1 aliphatic rings. The van der Waals surface area contributed by atoms with Crippen LogP contribution in [0.4, 0.5) is 5.69 Å². The number of thioether (sulfide) groups is 1. The molecule has 0 aliphatic heterocycles. The third kappa shape index (κ3) is 2.98. The number of carbonyl (C=O) groups is 1. The summed E-state index contributed by atoms with van der Waals surface area (Å²) in [7, 11) is 0. The van der Waals surface area contributed by atoms with Gasteiger partial charge in [0.25, 0.3) is 5.56 Å². The zero-order valence-electron chi connectivity index (χ0n) is 13.7. The number of anilines is 1. The van der Waals surface area contributed by atoms with Crippen molar-refractivity contribution >= 4 is 44.9 Å². The van der Waals surface area contributed by atoms with E-state index in [1.807, 2.05) is 30.5 Å². The lowest BCUT2D eigenvalue weighted by molar-refractivity contribution is -0.116. The molecule has 1 aliphatic carbocycles. The first-order valence-electron chi connectivity index (χ1n) is 8.10. The molecule has 4 rings (SSSR count). The van der Waals surface area contributed by atoms with Crippen LogP contribution in [0.2, 0.25) is 0 Å². The summed E-state index contributed by atoms with van der Waals surface area (Å²) in [5.74, 6) is -0.225. The van der Waals surface area contributed by atoms with Crippen molar-refractivity contribution in [2.75, 3.05) is 11.6 Å². The molecule has 0 unspecified atom stereocenters. The van der Waals surface area contributed by atoms with Gasteiger partial charge < -0.3 is 5.32 Å². The lowest BCUT2D eigenvalue weighted by Gasteiger charge is -2.10. The van der Waals surface area contributed by atoms with E-state index in [4.69, 9.17) is 0 Å². The molecule has 2 aromatic heterocycles. The lowest BCUT2D eigenvalue weighted by Crippen LogP contribution is -2.28. The van der Waals surface area contributed by atoms with E-state index in [-0.39, 0.29) is 18.0 Å². The Bertz CT molecular complexity index is 1020. The molecule has 2 heterocycles. The second kappa shape index (κ2) is 6.65. The largest absolute Gasteiger partial charge is 0.324 e. The highest BCUT2D eigenvalue weighted by Gasteiger charge is 2.21. The summed E-state index contributed by atoms with van der Waals surface area (Å²) < 4.78 is 1.41. The SMILES string of the molecule is CSc1ccccc1NC(=O)Cn1cnc2sc3c(c2c1=O)CCC3. The summed E-state index contributed by atoms with van der Waals surface area (Å²) in [6.45, 7) is -0.0326. The minimum absolute atomic E-state index is 0.0326. The highest BCUT2D eigenvalue weighted by atomic mass is 32.2. The number of carbonyl (C=O) groups excluding carboxylic acids is 1. The molecule has 1 amide bonds. The number of rotatable bonds is 4. The fourth-order valence-electron chi connectivity index (χ4n) is 3.22. The van der Waals surface area contributed by atoms with Gasteiger partial charge in [0.2, 0.25) is 5.91 Å². The van der Waals surface area contributed by atoms with Gasteiger partial charge in [0.05, 0.1) is 17.4 Å². The van der Waals surface area contributed by atoms with E-state index < -0.39 is 0 Å². The molecular formula is C18H17N3O2S2. The molecule has 0 radical (unpaired) electrons. The van der Waals surface area contributed by atoms with Crippen molar-refractivity contribution in [3.8, 4) is 0 Å². The van der Waals surface area contributed by atoms with Crippen LogP contribution >= 0.6 is 23.1 Å². The van der Waals surface area contributed by atoms with E-state index in [0.717, 1.165) is 40.2 Å². The van der Waals surface area contributed by atoms with Gasteiger partial charge in [-0.1, -0.05) is 12.1 Å². The van der Waals surface area contributed by atoms with Crippen molar-refractivity contribution in [2.45, 2.75) is 30.7 Å². The molecule has 128 valence electrons. The number of hydrogen-bond acceptors (Lipinski definition) is 5. The molecule has 0 fully saturated rings. The summed E-state index contributed by atoms with van der Waals surface area (Å²) in [6.07, 6.45) is 6.50. The highest BCUT2D eigenvalue weighted by molar-refractivity contribution is 7.98. The molecule has 1 aromatic carbocycles. The van der Waals surface area contributed by atoms with Crippen LogP contribution in [0.25, 0.3) is 10.2 Å². The van der Waals surface area contributed by atoms with Gasteiger partial charge in [-0.3, -0.25) is 14.2 Å². The minimum Gasteiger partial charge on any atom is -0.324 e. The summed E-state index contributed by atoms with van der Waals surface area (Å²) >= 11 is 3.18. The highest BCUT2D eigenvalue weighted by Crippen LogP contribution is 2.34. The van der Waals surface area contributed by atoms with Crippen LogP contribution in [0.1, 0.15) is 16.9 Å². The summed E-state index contributed by atoms with van der Waals surface area (Å²) in [5.41, 5.74) is 1.79. The van der Waals surface area contributed by atoms with E-state index in [1.165, 1.54) is 15.8 Å². The van der Waals surface area contributed by atoms with E-state index in [9.17, 15) is 9.59 Å². The second-order valence-electron chi connectivity index (χ2n) is 5.96. The number of nitrogens with one attached hydrogen (secondary N) is 1. The topological polar surface area (TPSA) is 64.0 Å². The standard InChI is InChI=1S/C18H17N3O2S2/c1-24-14-7-3-2-6-12(14)20-15(22)9-21-10-19-17-16(18(21)23)11-5-4-8-13(11)25-17/h2-3,6-7,10H,4-5,8-9H2,1H3,(H,20,22). The van der Waals surface area contributed by atoms with Crippen molar-refractivity contribution in [1.29, 1.82) is 0 Å². The summed E-state index contributed by atoms with van der Waals surface area (Å²) in [5, 5.41) is 3.59. The number of aromatic nitrogens is 2. The zero-order valence-corrected chi connectivity index (χ0v) is 15.4. The number of thiophene rings is 1. The number of fused-ring (bicyclic) bond motifs is 3. The van der Waals surface area contributed by atoms with Crippen LogP contribution in [0, 0.1) is 0 Å². The fourth-order valence-corrected chi connectivity index (χ4v) is 5.00. The molecule has 0 saturated carbocycles. The molecule has 0 atom stereocenters. The Morgan fingerprint density at radius 3 is 3.04 bits per heavy atom. The van der Waals surface area contributed by atoms with Crippen molar-refractivity contribution in [1.82, 2.24) is 9.55 Å². The average Bonchev–Trinajstić information content (AvgIpc) is 3.18. The third-order valence-corrected chi connectivity index (χ3v) is 6.38. The Kier molecular flexibility index (Phi) is 4.35. The first kappa shape index (κ1) is 16.4. The Labute approximate surface area is 153 Å². The van der Waals surface area contributed by atoms with Crippen LogP contribution in [0.3, 0.4) is 0 Å². The van der Waals surface area contributed by atoms with Gasteiger partial charge in [-0.05, 0) is 43.2 Å². The Balaban J connectivity index is 1.61. The van der Waals surface area contributed by atoms with Gasteiger partial charge in [0.15, 0.2) is 0 Å². The number of nitrogens with zero attached hydrogens (tertiary/aromatic N) is 2. The molecule has 25 heavy (non-hydrogen) atoms. The lowest BCUT2D eigenvalue weighted by atomic mass is 10.2. The van der Waals surface area contributed by atoms with Crippen molar-refractivity contribution in [3.63, 3.8) is 0 Å². The van der Waals surface area contributed by atoms with Gasteiger partial charge in [0, 0.05) is 9.77 Å². The average molecular weight is 371 g/mol. The molecule has 1 N–H and O–H groups in total. The molecule has 7 heteroatoms. The molecule has 0 bridgehead atoms. The number of hydrogen-bond donors (Lipinski definition) is 1. The molecule has 0 spiro atoms. The molecule has 5 nitrogen and oxygen atoms in total. The van der Waals surface area contributed by atoms with Gasteiger partial charge in [-0.2, -0.15) is 0 Å². The Hall–Kier alpha value is -2.12. The number of amides is 1. The first-order chi connectivity index (χ1) is 12.2. The smallest absolute Gasteiger partial charge is 0.262 e. The van der Waals surface area contributed by atoms with Crippen molar-refractivity contribution in [3.05, 3.63) is 51.4 Å². The van der Waals surface area contributed by atoms with E-state index >= 15 is 0 Å². The molecular weight excluding hydrogens is 354 g/mol. The Morgan fingerprint density at radius 2 is 2.20 bits per heavy atom. The maximum atomic E-state index is 12.8. The molecule has 3 aromatic rings. The van der Waals surface area contributed by atoms with Crippen LogP contribution in [0.15, 0.2) is 40.3 Å². The second-order valence-corrected chi connectivity index (χ2v) is 7.90. The predicted molar refractivity (Wildman–Crippen MR) is 103 cm³/mol. The summed E-state index contributed by atoms with van der Waals surface area (Å²) in [6, 6.07) is 7.62. The summed E-state index contributed by atoms with van der Waals surface area (Å²) in [4.78, 5) is 32.7. The van der Waals surface area contributed by atoms with Crippen LogP contribution < -0.4 is 10.9 Å². The van der Waals surface area contributed by atoms with Crippen molar-refractivity contribution < 1.29 is 4.79 Å². The number of para-hydroxylation sites is 1. The van der Waals surface area contributed by atoms with Gasteiger partial charge in [0.1, 0.15) is 11.4 Å². The van der Waals surface area contributed by atoms with Crippen LogP contribution in [-0.4, -0.2) is 21.7 Å².